The van der Waals surface area contributed by atoms with Crippen LogP contribution in [0.1, 0.15) is 55.0 Å². The van der Waals surface area contributed by atoms with Crippen molar-refractivity contribution in [1.29, 1.82) is 0 Å². The van der Waals surface area contributed by atoms with Gasteiger partial charge in [-0.2, -0.15) is 0 Å². The minimum atomic E-state index is 0.147. The third-order valence-electron chi connectivity index (χ3n) is 6.05. The van der Waals surface area contributed by atoms with Crippen molar-refractivity contribution in [3.8, 4) is 0 Å². The van der Waals surface area contributed by atoms with Crippen LogP contribution in [0.3, 0.4) is 0 Å². The van der Waals surface area contributed by atoms with E-state index in [-0.39, 0.29) is 5.91 Å². The summed E-state index contributed by atoms with van der Waals surface area (Å²) in [4.78, 5) is 16.3. The van der Waals surface area contributed by atoms with E-state index in [0.29, 0.717) is 6.04 Å². The number of fused-ring (bicyclic) bond motifs is 1. The lowest BCUT2D eigenvalue weighted by atomic mass is 9.99. The van der Waals surface area contributed by atoms with Crippen LogP contribution in [0.4, 0.5) is 0 Å². The number of benzene rings is 1. The van der Waals surface area contributed by atoms with E-state index in [2.05, 4.69) is 50.9 Å². The zero-order valence-electron chi connectivity index (χ0n) is 16.4. The monoisotopic (exact) mass is 367 g/mol. The first-order chi connectivity index (χ1) is 13.1. The predicted molar refractivity (Wildman–Crippen MR) is 104 cm³/mol. The molecule has 27 heavy (non-hydrogen) atoms. The molecule has 4 rings (SSSR count). The molecule has 2 aromatic rings. The zero-order chi connectivity index (χ0) is 18.8. The van der Waals surface area contributed by atoms with Crippen LogP contribution < -0.4 is 0 Å². The van der Waals surface area contributed by atoms with E-state index in [4.69, 9.17) is 0 Å². The van der Waals surface area contributed by atoms with Gasteiger partial charge in [0.15, 0.2) is 0 Å². The molecule has 6 nitrogen and oxygen atoms in total. The molecule has 1 saturated heterocycles. The molecule has 1 aromatic heterocycles. The summed E-state index contributed by atoms with van der Waals surface area (Å²) in [5, 5.41) is 9.11. The SMILES string of the molecule is CC(=O)N1CCc2nnc([C@@H]3CCCCN3Cc3ccccc3C)n2CC1. The van der Waals surface area contributed by atoms with Crippen molar-refractivity contribution >= 4 is 5.91 Å². The smallest absolute Gasteiger partial charge is 0.219 e. The highest BCUT2D eigenvalue weighted by Gasteiger charge is 2.30. The third-order valence-corrected chi connectivity index (χ3v) is 6.05. The lowest BCUT2D eigenvalue weighted by molar-refractivity contribution is -0.128. The van der Waals surface area contributed by atoms with Gasteiger partial charge in [0, 0.05) is 39.5 Å². The van der Waals surface area contributed by atoms with Gasteiger partial charge in [-0.25, -0.2) is 0 Å². The van der Waals surface area contributed by atoms with Crippen LogP contribution in [0, 0.1) is 6.92 Å². The number of nitrogens with zero attached hydrogens (tertiary/aromatic N) is 5. The average molecular weight is 367 g/mol. The van der Waals surface area contributed by atoms with Gasteiger partial charge >= 0.3 is 0 Å². The van der Waals surface area contributed by atoms with E-state index >= 15 is 0 Å². The van der Waals surface area contributed by atoms with Gasteiger partial charge in [0.25, 0.3) is 0 Å². The summed E-state index contributed by atoms with van der Waals surface area (Å²) in [6.45, 7) is 8.18. The summed E-state index contributed by atoms with van der Waals surface area (Å²) in [5.41, 5.74) is 2.74. The molecule has 2 aliphatic heterocycles. The van der Waals surface area contributed by atoms with Gasteiger partial charge in [0.05, 0.1) is 6.04 Å². The molecule has 0 N–H and O–H groups in total. The lowest BCUT2D eigenvalue weighted by Crippen LogP contribution is -2.35. The first-order valence-electron chi connectivity index (χ1n) is 10.1. The van der Waals surface area contributed by atoms with E-state index < -0.39 is 0 Å². The summed E-state index contributed by atoms with van der Waals surface area (Å²) >= 11 is 0. The maximum atomic E-state index is 11.8. The molecule has 1 amide bonds. The predicted octanol–water partition coefficient (Wildman–Crippen LogP) is 2.72. The van der Waals surface area contributed by atoms with E-state index in [1.807, 2.05) is 4.90 Å². The molecule has 1 atom stereocenters. The second kappa shape index (κ2) is 7.80. The Hall–Kier alpha value is -2.21. The maximum Gasteiger partial charge on any atom is 0.219 e. The lowest BCUT2D eigenvalue weighted by Gasteiger charge is -2.35. The first kappa shape index (κ1) is 18.2. The van der Waals surface area contributed by atoms with E-state index in [9.17, 15) is 4.79 Å². The number of piperidine rings is 1. The van der Waals surface area contributed by atoms with Crippen LogP contribution in [0.15, 0.2) is 24.3 Å². The van der Waals surface area contributed by atoms with Gasteiger partial charge in [0.2, 0.25) is 5.91 Å². The van der Waals surface area contributed by atoms with Crippen molar-refractivity contribution in [3.05, 3.63) is 47.0 Å². The summed E-state index contributed by atoms with van der Waals surface area (Å²) in [7, 11) is 0. The number of likely N-dealkylation sites (tertiary alicyclic amines) is 1. The molecule has 144 valence electrons. The molecular weight excluding hydrogens is 338 g/mol. The highest BCUT2D eigenvalue weighted by atomic mass is 16.2. The molecule has 0 bridgehead atoms. The molecule has 0 aliphatic carbocycles. The third kappa shape index (κ3) is 3.76. The molecule has 3 heterocycles. The van der Waals surface area contributed by atoms with E-state index in [0.717, 1.165) is 57.2 Å². The number of aryl methyl sites for hydroxylation is 1. The molecule has 0 unspecified atom stereocenters. The van der Waals surface area contributed by atoms with Crippen LogP contribution in [-0.2, 0) is 24.3 Å². The normalized spacial score (nSPS) is 21.0. The number of amides is 1. The second-order valence-electron chi connectivity index (χ2n) is 7.79. The molecule has 1 aromatic carbocycles. The minimum Gasteiger partial charge on any atom is -0.341 e. The largest absolute Gasteiger partial charge is 0.341 e. The topological polar surface area (TPSA) is 54.3 Å². The van der Waals surface area contributed by atoms with Crippen molar-refractivity contribution in [2.24, 2.45) is 0 Å². The molecule has 0 saturated carbocycles. The Kier molecular flexibility index (Phi) is 5.25. The Bertz CT molecular complexity index is 815. The van der Waals surface area contributed by atoms with Crippen LogP contribution in [-0.4, -0.2) is 50.1 Å². The summed E-state index contributed by atoms with van der Waals surface area (Å²) in [6, 6.07) is 8.96. The number of hydrogen-bond donors (Lipinski definition) is 0. The van der Waals surface area contributed by atoms with Crippen LogP contribution in [0.5, 0.6) is 0 Å². The summed E-state index contributed by atoms with van der Waals surface area (Å²) < 4.78 is 2.28. The van der Waals surface area contributed by atoms with E-state index in [1.165, 1.54) is 24.0 Å². The fraction of sp³-hybridized carbons (Fsp3) is 0.571. The van der Waals surface area contributed by atoms with Gasteiger partial charge in [-0.15, -0.1) is 10.2 Å². The molecular formula is C21H29N5O. The number of hydrogen-bond acceptors (Lipinski definition) is 4. The van der Waals surface area contributed by atoms with Crippen molar-refractivity contribution in [1.82, 2.24) is 24.6 Å². The van der Waals surface area contributed by atoms with Gasteiger partial charge in [-0.05, 0) is 37.4 Å². The van der Waals surface area contributed by atoms with Crippen LogP contribution in [0.2, 0.25) is 0 Å². The molecule has 2 aliphatic rings. The van der Waals surface area contributed by atoms with Gasteiger partial charge < -0.3 is 9.47 Å². The summed E-state index contributed by atoms with van der Waals surface area (Å²) in [5.74, 6) is 2.26. The molecule has 0 spiro atoms. The van der Waals surface area contributed by atoms with E-state index in [1.54, 1.807) is 6.92 Å². The number of aromatic nitrogens is 3. The highest BCUT2D eigenvalue weighted by Crippen LogP contribution is 2.32. The quantitative estimate of drug-likeness (QED) is 0.837. The van der Waals surface area contributed by atoms with Crippen molar-refractivity contribution in [2.75, 3.05) is 19.6 Å². The Labute approximate surface area is 161 Å². The Morgan fingerprint density at radius 3 is 2.78 bits per heavy atom. The van der Waals surface area contributed by atoms with Crippen LogP contribution >= 0.6 is 0 Å². The standard InChI is InChI=1S/C21H29N5O/c1-16-7-3-4-8-18(16)15-25-11-6-5-9-19(25)21-23-22-20-10-12-24(17(2)27)13-14-26(20)21/h3-4,7-8,19H,5-6,9-15H2,1-2H3/t19-/m0/s1. The molecule has 0 radical (unpaired) electrons. The Balaban J connectivity index is 1.58. The fourth-order valence-electron chi connectivity index (χ4n) is 4.39. The van der Waals surface area contributed by atoms with Gasteiger partial charge in [-0.3, -0.25) is 9.69 Å². The van der Waals surface area contributed by atoms with Crippen LogP contribution in [0.25, 0.3) is 0 Å². The van der Waals surface area contributed by atoms with Crippen molar-refractivity contribution in [3.63, 3.8) is 0 Å². The maximum absolute atomic E-state index is 11.8. The zero-order valence-corrected chi connectivity index (χ0v) is 16.4. The number of rotatable bonds is 3. The Morgan fingerprint density at radius 1 is 1.11 bits per heavy atom. The van der Waals surface area contributed by atoms with Crippen molar-refractivity contribution in [2.45, 2.75) is 58.7 Å². The second-order valence-corrected chi connectivity index (χ2v) is 7.79. The summed E-state index contributed by atoms with van der Waals surface area (Å²) in [6.07, 6.45) is 4.38. The highest BCUT2D eigenvalue weighted by molar-refractivity contribution is 5.73. The number of carbonyl (C=O) groups excluding carboxylic acids is 1. The Morgan fingerprint density at radius 2 is 1.96 bits per heavy atom. The molecule has 1 fully saturated rings. The van der Waals surface area contributed by atoms with Gasteiger partial charge in [-0.1, -0.05) is 30.7 Å². The minimum absolute atomic E-state index is 0.147. The van der Waals surface area contributed by atoms with Crippen molar-refractivity contribution < 1.29 is 4.79 Å². The molecule has 6 heteroatoms. The number of carbonyl (C=O) groups is 1. The average Bonchev–Trinajstić information content (AvgIpc) is 2.94. The first-order valence-corrected chi connectivity index (χ1v) is 10.1. The fourth-order valence-corrected chi connectivity index (χ4v) is 4.39. The van der Waals surface area contributed by atoms with Gasteiger partial charge in [0.1, 0.15) is 11.6 Å².